The average molecular weight is 256 g/mol. The van der Waals surface area contributed by atoms with Gasteiger partial charge in [0.25, 0.3) is 5.69 Å². The molecular formula is C15H16N2O2. The van der Waals surface area contributed by atoms with E-state index in [1.54, 1.807) is 19.1 Å². The Hall–Kier alpha value is -2.20. The van der Waals surface area contributed by atoms with Crippen LogP contribution >= 0.6 is 0 Å². The van der Waals surface area contributed by atoms with Crippen molar-refractivity contribution >= 4 is 5.69 Å². The lowest BCUT2D eigenvalue weighted by molar-refractivity contribution is -0.385. The highest BCUT2D eigenvalue weighted by Crippen LogP contribution is 2.19. The number of hydrogen-bond acceptors (Lipinski definition) is 3. The lowest BCUT2D eigenvalue weighted by atomic mass is 10.1. The van der Waals surface area contributed by atoms with Gasteiger partial charge in [-0.15, -0.1) is 0 Å². The van der Waals surface area contributed by atoms with Crippen LogP contribution in [-0.4, -0.2) is 4.92 Å². The molecule has 0 aliphatic heterocycles. The van der Waals surface area contributed by atoms with Crippen LogP contribution in [0.4, 0.5) is 5.69 Å². The molecule has 0 saturated carbocycles. The SMILES string of the molecule is Cc1ccc(CNCc2ccccc2)cc1[N+](=O)[O-]. The molecule has 0 bridgehead atoms. The van der Waals surface area contributed by atoms with Crippen molar-refractivity contribution in [1.82, 2.24) is 5.32 Å². The van der Waals surface area contributed by atoms with Gasteiger partial charge in [0.15, 0.2) is 0 Å². The van der Waals surface area contributed by atoms with Crippen LogP contribution < -0.4 is 5.32 Å². The smallest absolute Gasteiger partial charge is 0.272 e. The molecule has 0 fully saturated rings. The maximum atomic E-state index is 10.9. The van der Waals surface area contributed by atoms with Gasteiger partial charge < -0.3 is 5.32 Å². The molecule has 0 aliphatic carbocycles. The van der Waals surface area contributed by atoms with E-state index in [4.69, 9.17) is 0 Å². The van der Waals surface area contributed by atoms with Gasteiger partial charge in [-0.1, -0.05) is 42.5 Å². The summed E-state index contributed by atoms with van der Waals surface area (Å²) in [4.78, 5) is 10.5. The highest BCUT2D eigenvalue weighted by atomic mass is 16.6. The molecule has 0 atom stereocenters. The number of nitro groups is 1. The molecule has 0 spiro atoms. The average Bonchev–Trinajstić information content (AvgIpc) is 2.41. The summed E-state index contributed by atoms with van der Waals surface area (Å²) in [5.41, 5.74) is 2.99. The monoisotopic (exact) mass is 256 g/mol. The fourth-order valence-electron chi connectivity index (χ4n) is 1.91. The fraction of sp³-hybridized carbons (Fsp3) is 0.200. The van der Waals surface area contributed by atoms with E-state index in [2.05, 4.69) is 5.32 Å². The van der Waals surface area contributed by atoms with E-state index in [1.807, 2.05) is 36.4 Å². The van der Waals surface area contributed by atoms with Crippen molar-refractivity contribution in [3.8, 4) is 0 Å². The van der Waals surface area contributed by atoms with E-state index >= 15 is 0 Å². The molecule has 0 unspecified atom stereocenters. The zero-order chi connectivity index (χ0) is 13.7. The van der Waals surface area contributed by atoms with Gasteiger partial charge in [-0.25, -0.2) is 0 Å². The second-order valence-electron chi connectivity index (χ2n) is 4.47. The molecule has 2 aromatic carbocycles. The molecule has 98 valence electrons. The highest BCUT2D eigenvalue weighted by molar-refractivity contribution is 5.42. The molecular weight excluding hydrogens is 240 g/mol. The Bertz CT molecular complexity index is 568. The molecule has 4 nitrogen and oxygen atoms in total. The summed E-state index contributed by atoms with van der Waals surface area (Å²) < 4.78 is 0. The molecule has 0 saturated heterocycles. The van der Waals surface area contributed by atoms with Crippen LogP contribution in [0.1, 0.15) is 16.7 Å². The van der Waals surface area contributed by atoms with Gasteiger partial charge in [0.05, 0.1) is 4.92 Å². The Kier molecular flexibility index (Phi) is 4.26. The van der Waals surface area contributed by atoms with Crippen LogP contribution in [0.5, 0.6) is 0 Å². The fourth-order valence-corrected chi connectivity index (χ4v) is 1.91. The van der Waals surface area contributed by atoms with Crippen LogP contribution in [-0.2, 0) is 13.1 Å². The van der Waals surface area contributed by atoms with Crippen molar-refractivity contribution in [3.05, 3.63) is 75.3 Å². The van der Waals surface area contributed by atoms with E-state index in [1.165, 1.54) is 5.56 Å². The predicted octanol–water partition coefficient (Wildman–Crippen LogP) is 3.19. The summed E-state index contributed by atoms with van der Waals surface area (Å²) in [6.45, 7) is 3.12. The molecule has 0 aliphatic rings. The maximum Gasteiger partial charge on any atom is 0.272 e. The van der Waals surface area contributed by atoms with Crippen LogP contribution in [0.25, 0.3) is 0 Å². The molecule has 0 amide bonds. The minimum atomic E-state index is -0.337. The Morgan fingerprint density at radius 1 is 1.05 bits per heavy atom. The van der Waals surface area contributed by atoms with Gasteiger partial charge in [-0.2, -0.15) is 0 Å². The first-order valence-electron chi connectivity index (χ1n) is 6.15. The minimum absolute atomic E-state index is 0.180. The van der Waals surface area contributed by atoms with E-state index < -0.39 is 0 Å². The van der Waals surface area contributed by atoms with E-state index in [0.717, 1.165) is 12.1 Å². The second-order valence-corrected chi connectivity index (χ2v) is 4.47. The zero-order valence-electron chi connectivity index (χ0n) is 10.8. The summed E-state index contributed by atoms with van der Waals surface area (Å²) in [5, 5.41) is 14.1. The highest BCUT2D eigenvalue weighted by Gasteiger charge is 2.10. The first-order valence-corrected chi connectivity index (χ1v) is 6.15. The molecule has 4 heteroatoms. The van der Waals surface area contributed by atoms with Crippen molar-refractivity contribution in [3.63, 3.8) is 0 Å². The lowest BCUT2D eigenvalue weighted by Gasteiger charge is -2.06. The third-order valence-corrected chi connectivity index (χ3v) is 2.97. The van der Waals surface area contributed by atoms with Gasteiger partial charge in [0.2, 0.25) is 0 Å². The molecule has 0 aromatic heterocycles. The Morgan fingerprint density at radius 2 is 1.74 bits per heavy atom. The zero-order valence-corrected chi connectivity index (χ0v) is 10.8. The summed E-state index contributed by atoms with van der Waals surface area (Å²) >= 11 is 0. The van der Waals surface area contributed by atoms with Gasteiger partial charge in [-0.3, -0.25) is 10.1 Å². The summed E-state index contributed by atoms with van der Waals surface area (Å²) in [7, 11) is 0. The van der Waals surface area contributed by atoms with Crippen LogP contribution in [0.3, 0.4) is 0 Å². The number of nitrogens with one attached hydrogen (secondary N) is 1. The number of rotatable bonds is 5. The van der Waals surface area contributed by atoms with Crippen LogP contribution in [0.15, 0.2) is 48.5 Å². The van der Waals surface area contributed by atoms with Crippen molar-refractivity contribution < 1.29 is 4.92 Å². The second kappa shape index (κ2) is 6.11. The number of hydrogen-bond donors (Lipinski definition) is 1. The minimum Gasteiger partial charge on any atom is -0.309 e. The van der Waals surface area contributed by atoms with Crippen molar-refractivity contribution in [1.29, 1.82) is 0 Å². The Morgan fingerprint density at radius 3 is 2.42 bits per heavy atom. The number of nitrogens with zero attached hydrogens (tertiary/aromatic N) is 1. The topological polar surface area (TPSA) is 55.2 Å². The van der Waals surface area contributed by atoms with Crippen molar-refractivity contribution in [2.45, 2.75) is 20.0 Å². The Balaban J connectivity index is 1.97. The van der Waals surface area contributed by atoms with E-state index in [-0.39, 0.29) is 10.6 Å². The molecule has 19 heavy (non-hydrogen) atoms. The van der Waals surface area contributed by atoms with E-state index in [9.17, 15) is 10.1 Å². The number of aryl methyl sites for hydroxylation is 1. The van der Waals surface area contributed by atoms with Gasteiger partial charge in [0, 0.05) is 24.7 Å². The molecule has 0 heterocycles. The lowest BCUT2D eigenvalue weighted by Crippen LogP contribution is -2.12. The maximum absolute atomic E-state index is 10.9. The Labute approximate surface area is 112 Å². The van der Waals surface area contributed by atoms with Gasteiger partial charge >= 0.3 is 0 Å². The quantitative estimate of drug-likeness (QED) is 0.660. The predicted molar refractivity (Wildman–Crippen MR) is 74.8 cm³/mol. The largest absolute Gasteiger partial charge is 0.309 e. The van der Waals surface area contributed by atoms with Crippen LogP contribution in [0.2, 0.25) is 0 Å². The molecule has 0 radical (unpaired) electrons. The normalized spacial score (nSPS) is 10.4. The third kappa shape index (κ3) is 3.63. The number of benzene rings is 2. The van der Waals surface area contributed by atoms with Gasteiger partial charge in [-0.05, 0) is 18.1 Å². The van der Waals surface area contributed by atoms with Gasteiger partial charge in [0.1, 0.15) is 0 Å². The molecule has 2 aromatic rings. The first kappa shape index (κ1) is 13.2. The first-order chi connectivity index (χ1) is 9.16. The third-order valence-electron chi connectivity index (χ3n) is 2.97. The summed E-state index contributed by atoms with van der Waals surface area (Å²) in [6, 6.07) is 15.4. The standard InChI is InChI=1S/C15H16N2O2/c1-12-7-8-14(9-15(12)17(18)19)11-16-10-13-5-3-2-4-6-13/h2-9,16H,10-11H2,1H3. The van der Waals surface area contributed by atoms with E-state index in [0.29, 0.717) is 12.1 Å². The number of nitro benzene ring substituents is 1. The van der Waals surface area contributed by atoms with Crippen molar-refractivity contribution in [2.24, 2.45) is 0 Å². The molecule has 1 N–H and O–H groups in total. The molecule has 2 rings (SSSR count). The van der Waals surface area contributed by atoms with Crippen LogP contribution in [0, 0.1) is 17.0 Å². The van der Waals surface area contributed by atoms with Crippen molar-refractivity contribution in [2.75, 3.05) is 0 Å². The summed E-state index contributed by atoms with van der Waals surface area (Å²) in [6.07, 6.45) is 0. The summed E-state index contributed by atoms with van der Waals surface area (Å²) in [5.74, 6) is 0.